The molecule has 0 aliphatic carbocycles. The Morgan fingerprint density at radius 2 is 2.18 bits per heavy atom. The number of nitrogens with zero attached hydrogens (tertiary/aromatic N) is 2. The van der Waals surface area contributed by atoms with Crippen molar-refractivity contribution in [2.45, 2.75) is 19.4 Å². The number of benzene rings is 1. The monoisotopic (exact) mass is 301 g/mol. The number of hydrogen-bond donors (Lipinski definition) is 2. The summed E-state index contributed by atoms with van der Waals surface area (Å²) in [5.41, 5.74) is 2.27. The summed E-state index contributed by atoms with van der Waals surface area (Å²) in [7, 11) is 1.50. The van der Waals surface area contributed by atoms with E-state index < -0.39 is 0 Å². The number of nitrogens with one attached hydrogen (secondary N) is 1. The van der Waals surface area contributed by atoms with Crippen LogP contribution < -0.4 is 10.1 Å². The standard InChI is InChI=1S/C17H23N3O2/c1-12(2)8-15(20-6-4-19-5-7-20)14-9-13(11-18)10-16(22-3)17(14)21/h9-10,15,19,21H,1,4-8H2,2-3H3/t15-/m1/s1. The third-order valence-corrected chi connectivity index (χ3v) is 3.95. The molecule has 0 amide bonds. The lowest BCUT2D eigenvalue weighted by atomic mass is 9.95. The van der Waals surface area contributed by atoms with E-state index in [2.05, 4.69) is 22.9 Å². The van der Waals surface area contributed by atoms with Crippen LogP contribution in [0.25, 0.3) is 0 Å². The van der Waals surface area contributed by atoms with Crippen LogP contribution in [-0.2, 0) is 0 Å². The molecule has 0 aromatic heterocycles. The second kappa shape index (κ2) is 7.30. The van der Waals surface area contributed by atoms with Crippen LogP contribution in [0.5, 0.6) is 11.5 Å². The van der Waals surface area contributed by atoms with Crippen LogP contribution in [0.3, 0.4) is 0 Å². The first-order chi connectivity index (χ1) is 10.6. The van der Waals surface area contributed by atoms with Gasteiger partial charge in [0.25, 0.3) is 0 Å². The fourth-order valence-corrected chi connectivity index (χ4v) is 2.86. The number of methoxy groups -OCH3 is 1. The molecule has 0 bridgehead atoms. The lowest BCUT2D eigenvalue weighted by molar-refractivity contribution is 0.169. The minimum Gasteiger partial charge on any atom is -0.504 e. The molecule has 22 heavy (non-hydrogen) atoms. The van der Waals surface area contributed by atoms with Gasteiger partial charge in [-0.2, -0.15) is 5.26 Å². The van der Waals surface area contributed by atoms with Crippen molar-refractivity contribution in [1.82, 2.24) is 10.2 Å². The number of rotatable bonds is 5. The average Bonchev–Trinajstić information content (AvgIpc) is 2.54. The zero-order chi connectivity index (χ0) is 16.1. The molecule has 1 aromatic carbocycles. The Kier molecular flexibility index (Phi) is 5.42. The first kappa shape index (κ1) is 16.3. The summed E-state index contributed by atoms with van der Waals surface area (Å²) in [5, 5.41) is 23.1. The van der Waals surface area contributed by atoms with Gasteiger partial charge in [0, 0.05) is 43.9 Å². The van der Waals surface area contributed by atoms with Gasteiger partial charge in [-0.05, 0) is 19.4 Å². The first-order valence-corrected chi connectivity index (χ1v) is 7.47. The molecule has 5 heteroatoms. The van der Waals surface area contributed by atoms with Gasteiger partial charge in [0.15, 0.2) is 11.5 Å². The zero-order valence-corrected chi connectivity index (χ0v) is 13.2. The Balaban J connectivity index is 2.45. The zero-order valence-electron chi connectivity index (χ0n) is 13.2. The van der Waals surface area contributed by atoms with E-state index in [-0.39, 0.29) is 11.8 Å². The highest BCUT2D eigenvalue weighted by Gasteiger charge is 2.26. The summed E-state index contributed by atoms with van der Waals surface area (Å²) >= 11 is 0. The molecule has 1 aliphatic rings. The van der Waals surface area contributed by atoms with E-state index in [4.69, 9.17) is 4.74 Å². The van der Waals surface area contributed by atoms with Gasteiger partial charge in [0.05, 0.1) is 18.7 Å². The normalized spacial score (nSPS) is 16.8. The summed E-state index contributed by atoms with van der Waals surface area (Å²) in [6.45, 7) is 9.63. The molecule has 0 radical (unpaired) electrons. The Morgan fingerprint density at radius 1 is 1.50 bits per heavy atom. The lowest BCUT2D eigenvalue weighted by Gasteiger charge is -2.36. The van der Waals surface area contributed by atoms with E-state index >= 15 is 0 Å². The molecule has 0 unspecified atom stereocenters. The van der Waals surface area contributed by atoms with Gasteiger partial charge in [0.1, 0.15) is 0 Å². The van der Waals surface area contributed by atoms with Crippen molar-refractivity contribution < 1.29 is 9.84 Å². The first-order valence-electron chi connectivity index (χ1n) is 7.47. The maximum atomic E-state index is 10.5. The van der Waals surface area contributed by atoms with E-state index in [1.165, 1.54) is 7.11 Å². The van der Waals surface area contributed by atoms with Gasteiger partial charge >= 0.3 is 0 Å². The van der Waals surface area contributed by atoms with Crippen LogP contribution >= 0.6 is 0 Å². The number of aromatic hydroxyl groups is 1. The third kappa shape index (κ3) is 3.59. The van der Waals surface area contributed by atoms with Crippen LogP contribution in [0.4, 0.5) is 0 Å². The maximum Gasteiger partial charge on any atom is 0.162 e. The molecular weight excluding hydrogens is 278 g/mol. The van der Waals surface area contributed by atoms with Crippen molar-refractivity contribution in [3.63, 3.8) is 0 Å². The van der Waals surface area contributed by atoms with Crippen molar-refractivity contribution in [1.29, 1.82) is 5.26 Å². The average molecular weight is 301 g/mol. The molecular formula is C17H23N3O2. The third-order valence-electron chi connectivity index (χ3n) is 3.95. The molecule has 1 aliphatic heterocycles. The Labute approximate surface area is 131 Å². The van der Waals surface area contributed by atoms with Crippen molar-refractivity contribution in [3.8, 4) is 17.6 Å². The molecule has 118 valence electrons. The maximum absolute atomic E-state index is 10.5. The molecule has 1 heterocycles. The van der Waals surface area contributed by atoms with E-state index in [0.717, 1.165) is 43.7 Å². The van der Waals surface area contributed by atoms with Crippen LogP contribution in [0.2, 0.25) is 0 Å². The van der Waals surface area contributed by atoms with E-state index in [1.807, 2.05) is 6.92 Å². The molecule has 1 atom stereocenters. The van der Waals surface area contributed by atoms with Gasteiger partial charge < -0.3 is 15.2 Å². The van der Waals surface area contributed by atoms with Crippen LogP contribution in [-0.4, -0.2) is 43.3 Å². The van der Waals surface area contributed by atoms with Crippen LogP contribution in [0.1, 0.15) is 30.5 Å². The van der Waals surface area contributed by atoms with Crippen molar-refractivity contribution in [2.75, 3.05) is 33.3 Å². The smallest absolute Gasteiger partial charge is 0.162 e. The molecule has 0 spiro atoms. The highest BCUT2D eigenvalue weighted by atomic mass is 16.5. The second-order valence-corrected chi connectivity index (χ2v) is 5.69. The van der Waals surface area contributed by atoms with Crippen molar-refractivity contribution in [2.24, 2.45) is 0 Å². The number of hydrogen-bond acceptors (Lipinski definition) is 5. The lowest BCUT2D eigenvalue weighted by Crippen LogP contribution is -2.45. The summed E-state index contributed by atoms with van der Waals surface area (Å²) in [6.07, 6.45) is 0.742. The quantitative estimate of drug-likeness (QED) is 0.816. The molecule has 2 N–H and O–H groups in total. The predicted molar refractivity (Wildman–Crippen MR) is 86.0 cm³/mol. The summed E-state index contributed by atoms with van der Waals surface area (Å²) in [4.78, 5) is 2.32. The Hall–Kier alpha value is -2.03. The highest BCUT2D eigenvalue weighted by molar-refractivity contribution is 5.53. The molecule has 1 saturated heterocycles. The fourth-order valence-electron chi connectivity index (χ4n) is 2.86. The Bertz CT molecular complexity index is 586. The summed E-state index contributed by atoms with van der Waals surface area (Å²) < 4.78 is 5.22. The van der Waals surface area contributed by atoms with E-state index in [9.17, 15) is 10.4 Å². The molecule has 2 rings (SSSR count). The van der Waals surface area contributed by atoms with E-state index in [1.54, 1.807) is 12.1 Å². The van der Waals surface area contributed by atoms with Crippen LogP contribution in [0.15, 0.2) is 24.3 Å². The van der Waals surface area contributed by atoms with Gasteiger partial charge in [-0.25, -0.2) is 0 Å². The number of phenols is 1. The predicted octanol–water partition coefficient (Wildman–Crippen LogP) is 2.18. The van der Waals surface area contributed by atoms with Gasteiger partial charge in [-0.3, -0.25) is 4.90 Å². The molecule has 1 fully saturated rings. The summed E-state index contributed by atoms with van der Waals surface area (Å²) in [6, 6.07) is 5.46. The number of piperazine rings is 1. The Morgan fingerprint density at radius 3 is 2.73 bits per heavy atom. The SMILES string of the molecule is C=C(C)C[C@H](c1cc(C#N)cc(OC)c1O)N1CCNCC1. The van der Waals surface area contributed by atoms with Gasteiger partial charge in [-0.1, -0.05) is 5.57 Å². The minimum atomic E-state index is 0.00167. The number of ether oxygens (including phenoxy) is 1. The van der Waals surface area contributed by atoms with Gasteiger partial charge in [-0.15, -0.1) is 6.58 Å². The van der Waals surface area contributed by atoms with Crippen molar-refractivity contribution >= 4 is 0 Å². The van der Waals surface area contributed by atoms with E-state index in [0.29, 0.717) is 11.3 Å². The number of phenolic OH excluding ortho intramolecular Hbond substituents is 1. The molecule has 0 saturated carbocycles. The largest absolute Gasteiger partial charge is 0.504 e. The minimum absolute atomic E-state index is 0.00167. The number of nitriles is 1. The van der Waals surface area contributed by atoms with Crippen LogP contribution in [0, 0.1) is 11.3 Å². The van der Waals surface area contributed by atoms with Crippen molar-refractivity contribution in [3.05, 3.63) is 35.4 Å². The second-order valence-electron chi connectivity index (χ2n) is 5.69. The molecule has 5 nitrogen and oxygen atoms in total. The summed E-state index contributed by atoms with van der Waals surface area (Å²) in [5.74, 6) is 0.460. The molecule has 1 aromatic rings. The van der Waals surface area contributed by atoms with Gasteiger partial charge in [0.2, 0.25) is 0 Å². The fraction of sp³-hybridized carbons (Fsp3) is 0.471. The topological polar surface area (TPSA) is 68.5 Å². The highest BCUT2D eigenvalue weighted by Crippen LogP contribution is 2.39.